The van der Waals surface area contributed by atoms with Crippen molar-refractivity contribution in [1.82, 2.24) is 5.32 Å². The number of aryl methyl sites for hydroxylation is 1. The lowest BCUT2D eigenvalue weighted by Crippen LogP contribution is -2.23. The van der Waals surface area contributed by atoms with Crippen molar-refractivity contribution in [3.8, 4) is 0 Å². The molecule has 2 aromatic carbocycles. The molecule has 104 valence electrons. The molecule has 20 heavy (non-hydrogen) atoms. The first-order valence-corrected chi connectivity index (χ1v) is 7.26. The molecule has 0 bridgehead atoms. The lowest BCUT2D eigenvalue weighted by molar-refractivity contribution is 0.586. The average Bonchev–Trinajstić information content (AvgIpc) is 2.92. The Morgan fingerprint density at radius 1 is 1.15 bits per heavy atom. The number of hydrogen-bond donors (Lipinski definition) is 1. The lowest BCUT2D eigenvalue weighted by atomic mass is 9.94. The van der Waals surface area contributed by atoms with E-state index in [9.17, 15) is 4.39 Å². The first-order valence-electron chi connectivity index (χ1n) is 7.26. The van der Waals surface area contributed by atoms with E-state index in [1.165, 1.54) is 5.56 Å². The Bertz CT molecular complexity index is 579. The van der Waals surface area contributed by atoms with E-state index in [2.05, 4.69) is 35.6 Å². The van der Waals surface area contributed by atoms with E-state index < -0.39 is 0 Å². The molecule has 0 saturated carbocycles. The highest BCUT2D eigenvalue weighted by Crippen LogP contribution is 2.27. The molecule has 0 radical (unpaired) electrons. The van der Waals surface area contributed by atoms with Crippen molar-refractivity contribution in [3.63, 3.8) is 0 Å². The van der Waals surface area contributed by atoms with Gasteiger partial charge in [0, 0.05) is 12.6 Å². The van der Waals surface area contributed by atoms with Crippen molar-refractivity contribution in [2.45, 2.75) is 31.7 Å². The predicted octanol–water partition coefficient (Wildman–Crippen LogP) is 3.82. The largest absolute Gasteiger partial charge is 0.313 e. The van der Waals surface area contributed by atoms with E-state index >= 15 is 0 Å². The molecule has 1 fully saturated rings. The summed E-state index contributed by atoms with van der Waals surface area (Å²) in [5.41, 5.74) is 3.20. The van der Waals surface area contributed by atoms with E-state index in [-0.39, 0.29) is 5.82 Å². The van der Waals surface area contributed by atoms with E-state index in [1.54, 1.807) is 13.0 Å². The molecule has 0 aromatic heterocycles. The van der Waals surface area contributed by atoms with Crippen LogP contribution in [0.1, 0.15) is 29.0 Å². The van der Waals surface area contributed by atoms with E-state index in [0.29, 0.717) is 12.0 Å². The maximum absolute atomic E-state index is 13.6. The zero-order valence-electron chi connectivity index (χ0n) is 11.8. The third kappa shape index (κ3) is 2.91. The van der Waals surface area contributed by atoms with Gasteiger partial charge in [-0.2, -0.15) is 0 Å². The smallest absolute Gasteiger partial charge is 0.126 e. The molecule has 1 aliphatic heterocycles. The van der Waals surface area contributed by atoms with Crippen LogP contribution >= 0.6 is 0 Å². The Labute approximate surface area is 119 Å². The van der Waals surface area contributed by atoms with Gasteiger partial charge in [-0.1, -0.05) is 42.5 Å². The highest BCUT2D eigenvalue weighted by molar-refractivity contribution is 5.26. The third-order valence-electron chi connectivity index (χ3n) is 4.21. The molecule has 1 aliphatic rings. The maximum Gasteiger partial charge on any atom is 0.126 e. The predicted molar refractivity (Wildman–Crippen MR) is 80.4 cm³/mol. The lowest BCUT2D eigenvalue weighted by Gasteiger charge is -2.11. The summed E-state index contributed by atoms with van der Waals surface area (Å²) in [5.74, 6) is 0.483. The van der Waals surface area contributed by atoms with Crippen molar-refractivity contribution in [2.24, 2.45) is 0 Å². The second-order valence-electron chi connectivity index (χ2n) is 5.74. The zero-order valence-corrected chi connectivity index (χ0v) is 11.8. The summed E-state index contributed by atoms with van der Waals surface area (Å²) in [7, 11) is 0. The van der Waals surface area contributed by atoms with Crippen LogP contribution in [0.4, 0.5) is 4.39 Å². The molecular weight excluding hydrogens is 249 g/mol. The van der Waals surface area contributed by atoms with Gasteiger partial charge in [0.15, 0.2) is 0 Å². The molecule has 1 N–H and O–H groups in total. The Morgan fingerprint density at radius 3 is 2.70 bits per heavy atom. The van der Waals surface area contributed by atoms with Crippen LogP contribution in [0.15, 0.2) is 48.5 Å². The summed E-state index contributed by atoms with van der Waals surface area (Å²) >= 11 is 0. The molecule has 1 nitrogen and oxygen atoms in total. The molecule has 0 aliphatic carbocycles. The summed E-state index contributed by atoms with van der Waals surface area (Å²) < 4.78 is 13.6. The molecule has 1 heterocycles. The zero-order chi connectivity index (χ0) is 13.9. The highest BCUT2D eigenvalue weighted by Gasteiger charge is 2.25. The summed E-state index contributed by atoms with van der Waals surface area (Å²) in [6, 6.07) is 16.7. The topological polar surface area (TPSA) is 12.0 Å². The number of hydrogen-bond acceptors (Lipinski definition) is 1. The van der Waals surface area contributed by atoms with Gasteiger partial charge in [-0.3, -0.25) is 0 Å². The van der Waals surface area contributed by atoms with Crippen LogP contribution in [0.3, 0.4) is 0 Å². The summed E-state index contributed by atoms with van der Waals surface area (Å²) in [5, 5.41) is 3.57. The second kappa shape index (κ2) is 5.76. The van der Waals surface area contributed by atoms with Crippen molar-refractivity contribution >= 4 is 0 Å². The Balaban J connectivity index is 1.64. The monoisotopic (exact) mass is 269 g/mol. The average molecular weight is 269 g/mol. The van der Waals surface area contributed by atoms with E-state index in [1.807, 2.05) is 12.1 Å². The van der Waals surface area contributed by atoms with Gasteiger partial charge in [0.1, 0.15) is 5.82 Å². The van der Waals surface area contributed by atoms with Crippen LogP contribution < -0.4 is 5.32 Å². The molecule has 3 rings (SSSR count). The van der Waals surface area contributed by atoms with Crippen LogP contribution in [0.5, 0.6) is 0 Å². The van der Waals surface area contributed by atoms with E-state index in [0.717, 1.165) is 30.5 Å². The standard InChI is InChI=1S/C18H20FN/c1-13-7-8-14(10-18(13)19)9-17-11-16(12-20-17)15-5-3-2-4-6-15/h2-8,10,16-17,20H,9,11-12H2,1H3/t16-,17-/m1/s1. The number of benzene rings is 2. The van der Waals surface area contributed by atoms with Crippen LogP contribution in [0.2, 0.25) is 0 Å². The van der Waals surface area contributed by atoms with Gasteiger partial charge >= 0.3 is 0 Å². The highest BCUT2D eigenvalue weighted by atomic mass is 19.1. The third-order valence-corrected chi connectivity index (χ3v) is 4.21. The van der Waals surface area contributed by atoms with Gasteiger partial charge in [0.25, 0.3) is 0 Å². The minimum Gasteiger partial charge on any atom is -0.313 e. The minimum atomic E-state index is -0.0971. The molecule has 1 saturated heterocycles. The fourth-order valence-corrected chi connectivity index (χ4v) is 3.00. The molecular formula is C18H20FN. The van der Waals surface area contributed by atoms with Crippen LogP contribution in [-0.4, -0.2) is 12.6 Å². The molecule has 2 atom stereocenters. The number of nitrogens with one attached hydrogen (secondary N) is 1. The van der Waals surface area contributed by atoms with Crippen molar-refractivity contribution in [3.05, 3.63) is 71.0 Å². The van der Waals surface area contributed by atoms with Crippen LogP contribution in [0, 0.1) is 12.7 Å². The van der Waals surface area contributed by atoms with E-state index in [4.69, 9.17) is 0 Å². The SMILES string of the molecule is Cc1ccc(C[C@@H]2C[C@@H](c3ccccc3)CN2)cc1F. The van der Waals surface area contributed by atoms with Crippen LogP contribution in [-0.2, 0) is 6.42 Å². The van der Waals surface area contributed by atoms with Crippen molar-refractivity contribution < 1.29 is 4.39 Å². The van der Waals surface area contributed by atoms with Gasteiger partial charge in [-0.05, 0) is 48.4 Å². The molecule has 0 spiro atoms. The van der Waals surface area contributed by atoms with Gasteiger partial charge in [0.05, 0.1) is 0 Å². The molecule has 2 heteroatoms. The van der Waals surface area contributed by atoms with Gasteiger partial charge < -0.3 is 5.32 Å². The molecule has 0 amide bonds. The maximum atomic E-state index is 13.6. The second-order valence-corrected chi connectivity index (χ2v) is 5.74. The van der Waals surface area contributed by atoms with Crippen LogP contribution in [0.25, 0.3) is 0 Å². The Morgan fingerprint density at radius 2 is 1.95 bits per heavy atom. The minimum absolute atomic E-state index is 0.0971. The first kappa shape index (κ1) is 13.3. The number of rotatable bonds is 3. The first-order chi connectivity index (χ1) is 9.72. The summed E-state index contributed by atoms with van der Waals surface area (Å²) in [6.07, 6.45) is 2.03. The Hall–Kier alpha value is -1.67. The summed E-state index contributed by atoms with van der Waals surface area (Å²) in [4.78, 5) is 0. The van der Waals surface area contributed by atoms with Gasteiger partial charge in [-0.15, -0.1) is 0 Å². The van der Waals surface area contributed by atoms with Crippen molar-refractivity contribution in [2.75, 3.05) is 6.54 Å². The normalized spacial score (nSPS) is 22.1. The molecule has 2 aromatic rings. The van der Waals surface area contributed by atoms with Gasteiger partial charge in [-0.25, -0.2) is 4.39 Å². The quantitative estimate of drug-likeness (QED) is 0.893. The fourth-order valence-electron chi connectivity index (χ4n) is 3.00. The fraction of sp³-hybridized carbons (Fsp3) is 0.333. The summed E-state index contributed by atoms with van der Waals surface area (Å²) in [6.45, 7) is 2.82. The number of halogens is 1. The van der Waals surface area contributed by atoms with Gasteiger partial charge in [0.2, 0.25) is 0 Å². The molecule has 0 unspecified atom stereocenters. The Kier molecular flexibility index (Phi) is 3.83. The van der Waals surface area contributed by atoms with Crippen molar-refractivity contribution in [1.29, 1.82) is 0 Å².